The molecule has 1 saturated heterocycles. The number of nitrogens with zero attached hydrogens (tertiary/aromatic N) is 1. The van der Waals surface area contributed by atoms with Gasteiger partial charge in [-0.3, -0.25) is 10.1 Å². The van der Waals surface area contributed by atoms with Crippen LogP contribution in [0.2, 0.25) is 0 Å². The Balaban J connectivity index is 2.02. The van der Waals surface area contributed by atoms with Gasteiger partial charge in [0.15, 0.2) is 5.11 Å². The third kappa shape index (κ3) is 3.34. The minimum absolute atomic E-state index is 0.0568. The highest BCUT2D eigenvalue weighted by Gasteiger charge is 2.21. The van der Waals surface area contributed by atoms with Crippen molar-refractivity contribution in [2.24, 2.45) is 5.14 Å². The lowest BCUT2D eigenvalue weighted by atomic mass is 10.2. The monoisotopic (exact) mass is 376 g/mol. The molecule has 7 nitrogen and oxygen atoms in total. The molecule has 1 aromatic carbocycles. The second kappa shape index (κ2) is 6.10. The average molecular weight is 376 g/mol. The first-order chi connectivity index (χ1) is 11.7. The van der Waals surface area contributed by atoms with Crippen molar-refractivity contribution in [1.82, 2.24) is 15.2 Å². The van der Waals surface area contributed by atoms with E-state index in [1.54, 1.807) is 18.2 Å². The molecule has 9 heteroatoms. The number of thiocarbonyl (C=S) groups is 1. The molecule has 0 radical (unpaired) electrons. The third-order valence-corrected chi connectivity index (χ3v) is 5.05. The van der Waals surface area contributed by atoms with Gasteiger partial charge in [0.25, 0.3) is 5.91 Å². The van der Waals surface area contributed by atoms with E-state index in [0.29, 0.717) is 5.70 Å². The van der Waals surface area contributed by atoms with Crippen LogP contribution in [0, 0.1) is 13.8 Å². The molecule has 1 amide bonds. The molecule has 0 bridgehead atoms. The minimum atomic E-state index is -3.73. The van der Waals surface area contributed by atoms with E-state index in [1.807, 2.05) is 24.5 Å². The molecule has 2 aromatic rings. The number of carbonyl (C=O) groups is 1. The van der Waals surface area contributed by atoms with E-state index >= 15 is 0 Å². The summed E-state index contributed by atoms with van der Waals surface area (Å²) < 4.78 is 24.7. The molecule has 1 fully saturated rings. The maximum Gasteiger partial charge on any atom is 0.273 e. The van der Waals surface area contributed by atoms with Crippen molar-refractivity contribution < 1.29 is 13.2 Å². The summed E-state index contributed by atoms with van der Waals surface area (Å²) in [4.78, 5) is 11.8. The lowest BCUT2D eigenvalue weighted by Gasteiger charge is -2.10. The number of nitrogens with two attached hydrogens (primary N) is 1. The largest absolute Gasteiger partial charge is 0.328 e. The Kier molecular flexibility index (Phi) is 4.23. The standard InChI is InChI=1S/C16H16N4O3S2/c1-9-7-11(8-14-15(21)19-16(24)18-14)10(2)20(9)12-3-5-13(6-4-12)25(17,22)23/h3-8H,1-2H3,(H2,17,22,23)(H2,18,19,21,24)/b14-8+. The molecule has 130 valence electrons. The Labute approximate surface area is 150 Å². The van der Waals surface area contributed by atoms with Gasteiger partial charge in [-0.25, -0.2) is 13.6 Å². The number of carbonyl (C=O) groups excluding carboxylic acids is 1. The highest BCUT2D eigenvalue weighted by atomic mass is 32.2. The molecule has 1 aliphatic rings. The molecule has 3 rings (SSSR count). The summed E-state index contributed by atoms with van der Waals surface area (Å²) in [5.74, 6) is -0.271. The number of hydrogen-bond donors (Lipinski definition) is 3. The van der Waals surface area contributed by atoms with Crippen LogP contribution in [0.4, 0.5) is 0 Å². The second-order valence-corrected chi connectivity index (χ2v) is 7.64. The summed E-state index contributed by atoms with van der Waals surface area (Å²) in [5.41, 5.74) is 3.88. The normalized spacial score (nSPS) is 16.2. The Morgan fingerprint density at radius 1 is 1.16 bits per heavy atom. The van der Waals surface area contributed by atoms with Crippen molar-refractivity contribution in [3.8, 4) is 5.69 Å². The van der Waals surface area contributed by atoms with Gasteiger partial charge >= 0.3 is 0 Å². The molecular formula is C16H16N4O3S2. The van der Waals surface area contributed by atoms with Gasteiger partial charge in [0.2, 0.25) is 10.0 Å². The van der Waals surface area contributed by atoms with E-state index in [4.69, 9.17) is 17.4 Å². The quantitative estimate of drug-likeness (QED) is 0.549. The molecule has 0 saturated carbocycles. The number of nitrogens with one attached hydrogen (secondary N) is 2. The number of benzene rings is 1. The maximum absolute atomic E-state index is 11.8. The summed E-state index contributed by atoms with van der Waals surface area (Å²) in [6.07, 6.45) is 1.73. The van der Waals surface area contributed by atoms with Crippen LogP contribution in [0.15, 0.2) is 40.9 Å². The molecule has 25 heavy (non-hydrogen) atoms. The lowest BCUT2D eigenvalue weighted by Crippen LogP contribution is -2.21. The predicted molar refractivity (Wildman–Crippen MR) is 98.5 cm³/mol. The van der Waals surface area contributed by atoms with Crippen molar-refractivity contribution in [1.29, 1.82) is 0 Å². The van der Waals surface area contributed by atoms with Gasteiger partial charge in [0, 0.05) is 17.1 Å². The molecule has 0 unspecified atom stereocenters. The van der Waals surface area contributed by atoms with E-state index in [9.17, 15) is 13.2 Å². The first-order valence-corrected chi connectivity index (χ1v) is 9.28. The van der Waals surface area contributed by atoms with E-state index in [0.717, 1.165) is 22.6 Å². The van der Waals surface area contributed by atoms with Gasteiger partial charge in [0.1, 0.15) is 5.70 Å². The summed E-state index contributed by atoms with van der Waals surface area (Å²) in [7, 11) is -3.73. The highest BCUT2D eigenvalue weighted by molar-refractivity contribution is 7.89. The molecule has 2 heterocycles. The van der Waals surface area contributed by atoms with Crippen molar-refractivity contribution in [2.75, 3.05) is 0 Å². The van der Waals surface area contributed by atoms with Gasteiger partial charge in [-0.2, -0.15) is 0 Å². The first-order valence-electron chi connectivity index (χ1n) is 7.33. The third-order valence-electron chi connectivity index (χ3n) is 3.91. The van der Waals surface area contributed by atoms with Crippen LogP contribution in [0.3, 0.4) is 0 Å². The van der Waals surface area contributed by atoms with Gasteiger partial charge in [-0.05, 0) is 68.0 Å². The van der Waals surface area contributed by atoms with Crippen molar-refractivity contribution in [3.05, 3.63) is 53.0 Å². The van der Waals surface area contributed by atoms with Crippen LogP contribution < -0.4 is 15.8 Å². The Hall–Kier alpha value is -2.49. The predicted octanol–water partition coefficient (Wildman–Crippen LogP) is 1.09. The molecule has 1 aromatic heterocycles. The molecule has 4 N–H and O–H groups in total. The van der Waals surface area contributed by atoms with Crippen LogP contribution in [-0.4, -0.2) is 24.0 Å². The van der Waals surface area contributed by atoms with Crippen LogP contribution in [0.1, 0.15) is 17.0 Å². The van der Waals surface area contributed by atoms with E-state index in [1.165, 1.54) is 12.1 Å². The summed E-state index contributed by atoms with van der Waals surface area (Å²) in [6.45, 7) is 3.84. The zero-order valence-electron chi connectivity index (χ0n) is 13.5. The van der Waals surface area contributed by atoms with Crippen molar-refractivity contribution >= 4 is 39.3 Å². The number of aryl methyl sites for hydroxylation is 1. The highest BCUT2D eigenvalue weighted by Crippen LogP contribution is 2.23. The molecule has 0 spiro atoms. The topological polar surface area (TPSA) is 106 Å². The van der Waals surface area contributed by atoms with E-state index in [-0.39, 0.29) is 15.9 Å². The number of aromatic nitrogens is 1. The van der Waals surface area contributed by atoms with Gasteiger partial charge in [-0.15, -0.1) is 0 Å². The number of primary sulfonamides is 1. The molecule has 0 aliphatic carbocycles. The molecule has 1 aliphatic heterocycles. The summed E-state index contributed by atoms with van der Waals surface area (Å²) in [5, 5.41) is 10.7. The van der Waals surface area contributed by atoms with Gasteiger partial charge in [-0.1, -0.05) is 0 Å². The fraction of sp³-hybridized carbons (Fsp3) is 0.125. The summed E-state index contributed by atoms with van der Waals surface area (Å²) in [6, 6.07) is 8.24. The Bertz CT molecular complexity index is 1020. The van der Waals surface area contributed by atoms with Crippen LogP contribution in [0.25, 0.3) is 11.8 Å². The van der Waals surface area contributed by atoms with E-state index < -0.39 is 10.0 Å². The summed E-state index contributed by atoms with van der Waals surface area (Å²) >= 11 is 4.92. The van der Waals surface area contributed by atoms with Gasteiger partial charge in [0.05, 0.1) is 4.90 Å². The fourth-order valence-electron chi connectivity index (χ4n) is 2.75. The maximum atomic E-state index is 11.8. The fourth-order valence-corrected chi connectivity index (χ4v) is 3.47. The van der Waals surface area contributed by atoms with Crippen molar-refractivity contribution in [2.45, 2.75) is 18.7 Å². The number of sulfonamides is 1. The molecular weight excluding hydrogens is 360 g/mol. The van der Waals surface area contributed by atoms with E-state index in [2.05, 4.69) is 10.6 Å². The smallest absolute Gasteiger partial charge is 0.273 e. The van der Waals surface area contributed by atoms with Crippen LogP contribution in [-0.2, 0) is 14.8 Å². The van der Waals surface area contributed by atoms with Gasteiger partial charge < -0.3 is 9.88 Å². The SMILES string of the molecule is Cc1cc(/C=C2/NC(=S)NC2=O)c(C)n1-c1ccc(S(N)(=O)=O)cc1. The van der Waals surface area contributed by atoms with Crippen LogP contribution >= 0.6 is 12.2 Å². The number of amides is 1. The Morgan fingerprint density at radius 3 is 2.32 bits per heavy atom. The number of rotatable bonds is 3. The average Bonchev–Trinajstić information content (AvgIpc) is 2.98. The molecule has 0 atom stereocenters. The zero-order valence-corrected chi connectivity index (χ0v) is 15.2. The second-order valence-electron chi connectivity index (χ2n) is 5.67. The minimum Gasteiger partial charge on any atom is -0.328 e. The number of hydrogen-bond acceptors (Lipinski definition) is 4. The zero-order chi connectivity index (χ0) is 18.4. The van der Waals surface area contributed by atoms with Crippen molar-refractivity contribution in [3.63, 3.8) is 0 Å². The Morgan fingerprint density at radius 2 is 1.80 bits per heavy atom. The lowest BCUT2D eigenvalue weighted by molar-refractivity contribution is -0.115. The van der Waals surface area contributed by atoms with Crippen LogP contribution in [0.5, 0.6) is 0 Å². The first kappa shape index (κ1) is 17.3.